The number of nitrogen functional groups attached to an aromatic ring is 1. The first-order valence-corrected chi connectivity index (χ1v) is 26.3. The summed E-state index contributed by atoms with van der Waals surface area (Å²) in [6.07, 6.45) is 19.4. The molecule has 418 valence electrons. The van der Waals surface area contributed by atoms with Gasteiger partial charge in [-0.05, 0) is 42.5 Å². The topological polar surface area (TPSA) is 312 Å². The standard InChI is InChI=1S/C19H11F3N8OS.C11H8N6.C8H4BrF3N2OS.C7H4ClN3.C4H5N3/c20-19(21,22)18-28-16(29-31-18)13-2-1-11(32-13)10-30(14-9-23-5-6-25-14)17-15-12(3-4-27-17)24-7-8-26-15;1-2-16-11(10-8(1)13-5-6-15-10)17-9-7-12-3-4-14-9;9-3-4-1-2-5(16-4)6-13-7(15-14-6)8(10,11)12;8-7-6-5(1-2-11-7)9-3-4-10-6;5-4-3-6-1-2-7-4/h1-9H,10H2;1-7H,(H,14,16,17);1-2H,3H2;1-4H;1-3H,(H2,5,7). The molecule has 13 heterocycles. The molecule has 13 aromatic rings. The second-order valence-corrected chi connectivity index (χ2v) is 18.9. The van der Waals surface area contributed by atoms with Gasteiger partial charge >= 0.3 is 24.1 Å². The van der Waals surface area contributed by atoms with Crippen molar-refractivity contribution < 1.29 is 35.4 Å². The van der Waals surface area contributed by atoms with Gasteiger partial charge in [0.1, 0.15) is 28.2 Å². The van der Waals surface area contributed by atoms with Crippen molar-refractivity contribution in [3.63, 3.8) is 0 Å². The van der Waals surface area contributed by atoms with Crippen LogP contribution in [0.2, 0.25) is 5.15 Å². The Hall–Kier alpha value is -9.86. The average Bonchev–Trinajstić information content (AvgIpc) is 4.48. The molecule has 0 aliphatic heterocycles. The van der Waals surface area contributed by atoms with Crippen LogP contribution >= 0.6 is 50.2 Å². The first kappa shape index (κ1) is 57.8. The molecule has 0 saturated carbocycles. The van der Waals surface area contributed by atoms with E-state index in [1.165, 1.54) is 28.9 Å². The van der Waals surface area contributed by atoms with Gasteiger partial charge in [0, 0.05) is 108 Å². The molecule has 0 aromatic carbocycles. The van der Waals surface area contributed by atoms with Gasteiger partial charge in [0.15, 0.2) is 22.6 Å². The Morgan fingerprint density at radius 3 is 1.54 bits per heavy atom. The van der Waals surface area contributed by atoms with E-state index in [9.17, 15) is 26.3 Å². The fourth-order valence-electron chi connectivity index (χ4n) is 6.61. The number of alkyl halides is 7. The van der Waals surface area contributed by atoms with Crippen molar-refractivity contribution in [2.24, 2.45) is 0 Å². The van der Waals surface area contributed by atoms with Crippen LogP contribution in [0.5, 0.6) is 0 Å². The molecule has 83 heavy (non-hydrogen) atoms. The molecule has 3 N–H and O–H groups in total. The van der Waals surface area contributed by atoms with Crippen LogP contribution in [0.25, 0.3) is 54.5 Å². The molecular formula is C49H32BrClF6N22O2S2. The lowest BCUT2D eigenvalue weighted by Gasteiger charge is -2.22. The van der Waals surface area contributed by atoms with Gasteiger partial charge in [0.2, 0.25) is 11.6 Å². The number of aromatic nitrogens is 19. The van der Waals surface area contributed by atoms with Crippen molar-refractivity contribution in [2.75, 3.05) is 16.0 Å². The number of halogens is 8. The van der Waals surface area contributed by atoms with Crippen molar-refractivity contribution in [1.29, 1.82) is 0 Å². The summed E-state index contributed by atoms with van der Waals surface area (Å²) >= 11 is 11.5. The lowest BCUT2D eigenvalue weighted by Crippen LogP contribution is -2.19. The van der Waals surface area contributed by atoms with Crippen LogP contribution in [-0.2, 0) is 24.2 Å². The summed E-state index contributed by atoms with van der Waals surface area (Å²) in [5.74, 6) is -0.134. The zero-order valence-corrected chi connectivity index (χ0v) is 45.5. The van der Waals surface area contributed by atoms with E-state index in [0.717, 1.165) is 20.8 Å². The van der Waals surface area contributed by atoms with Crippen LogP contribution in [0.4, 0.5) is 55.4 Å². The minimum absolute atomic E-state index is 0.0375. The number of thiophene rings is 2. The van der Waals surface area contributed by atoms with E-state index in [2.05, 4.69) is 125 Å². The summed E-state index contributed by atoms with van der Waals surface area (Å²) in [6, 6.07) is 12.2. The molecule has 0 amide bonds. The van der Waals surface area contributed by atoms with Crippen molar-refractivity contribution >= 4 is 112 Å². The number of fused-ring (bicyclic) bond motifs is 3. The highest BCUT2D eigenvalue weighted by Crippen LogP contribution is 2.36. The summed E-state index contributed by atoms with van der Waals surface area (Å²) in [4.78, 5) is 73.1. The van der Waals surface area contributed by atoms with Gasteiger partial charge in [-0.1, -0.05) is 37.8 Å². The van der Waals surface area contributed by atoms with Crippen molar-refractivity contribution in [2.45, 2.75) is 24.2 Å². The fraction of sp³-hybridized carbons (Fsp3) is 0.0816. The molecule has 13 aromatic heterocycles. The third-order valence-electron chi connectivity index (χ3n) is 10.1. The van der Waals surface area contributed by atoms with E-state index in [-0.39, 0.29) is 11.6 Å². The summed E-state index contributed by atoms with van der Waals surface area (Å²) in [6.45, 7) is 0.302. The van der Waals surface area contributed by atoms with Gasteiger partial charge in [-0.15, -0.1) is 22.7 Å². The molecule has 0 unspecified atom stereocenters. The van der Waals surface area contributed by atoms with E-state index in [1.807, 2.05) is 6.07 Å². The van der Waals surface area contributed by atoms with Crippen molar-refractivity contribution in [3.05, 3.63) is 181 Å². The Labute approximate surface area is 482 Å². The molecule has 0 fully saturated rings. The third-order valence-corrected chi connectivity index (χ3v) is 13.5. The molecular weight excluding hydrogens is 1220 g/mol. The minimum atomic E-state index is -4.70. The average molecular weight is 1250 g/mol. The van der Waals surface area contributed by atoms with Crippen LogP contribution in [0, 0.1) is 0 Å². The molecule has 0 bridgehead atoms. The largest absolute Gasteiger partial charge is 0.471 e. The monoisotopic (exact) mass is 1250 g/mol. The summed E-state index contributed by atoms with van der Waals surface area (Å²) in [5, 5.41) is 10.8. The fourth-order valence-corrected chi connectivity index (χ4v) is 9.05. The molecule has 0 aliphatic rings. The van der Waals surface area contributed by atoms with Crippen LogP contribution in [-0.4, -0.2) is 95.0 Å². The maximum atomic E-state index is 12.8. The predicted molar refractivity (Wildman–Crippen MR) is 295 cm³/mol. The summed E-state index contributed by atoms with van der Waals surface area (Å²) in [5.41, 5.74) is 9.33. The van der Waals surface area contributed by atoms with Crippen molar-refractivity contribution in [3.8, 4) is 21.4 Å². The van der Waals surface area contributed by atoms with E-state index >= 15 is 0 Å². The number of anilines is 5. The van der Waals surface area contributed by atoms with Crippen molar-refractivity contribution in [1.82, 2.24) is 95.0 Å². The number of pyridine rings is 3. The molecule has 34 heteroatoms. The van der Waals surface area contributed by atoms with Crippen LogP contribution in [0.1, 0.15) is 21.5 Å². The molecule has 0 atom stereocenters. The van der Waals surface area contributed by atoms with Gasteiger partial charge < -0.3 is 25.0 Å². The zero-order chi connectivity index (χ0) is 58.2. The number of nitrogens with zero attached hydrogens (tertiary/aromatic N) is 20. The molecule has 0 aliphatic carbocycles. The maximum Gasteiger partial charge on any atom is 0.471 e. The number of hydrogen-bond donors (Lipinski definition) is 2. The highest BCUT2D eigenvalue weighted by molar-refractivity contribution is 9.08. The van der Waals surface area contributed by atoms with Gasteiger partial charge in [-0.2, -0.15) is 36.3 Å². The van der Waals surface area contributed by atoms with Crippen LogP contribution in [0.15, 0.2) is 163 Å². The van der Waals surface area contributed by atoms with Gasteiger partial charge in [0.25, 0.3) is 0 Å². The lowest BCUT2D eigenvalue weighted by atomic mass is 10.3. The molecule has 0 radical (unpaired) electrons. The Bertz CT molecular complexity index is 4160. The molecule has 13 rings (SSSR count). The first-order chi connectivity index (χ1) is 40.2. The number of nitrogens with two attached hydrogens (primary N) is 1. The molecule has 0 saturated heterocycles. The Morgan fingerprint density at radius 2 is 1.02 bits per heavy atom. The van der Waals surface area contributed by atoms with E-state index in [0.29, 0.717) is 77.9 Å². The number of rotatable bonds is 9. The second-order valence-electron chi connectivity index (χ2n) is 15.7. The number of hydrogen-bond acceptors (Lipinski definition) is 26. The SMILES string of the molecule is Clc1nccc2nccnc12.FC(F)(F)c1nc(-c2ccc(CBr)s2)no1.FC(F)(F)c1nc(-c2ccc(CN(c3cnccn3)c3nccc4nccnc34)s2)no1.Nc1cnccn1.c1cnc(Nc2nccc3nccnc23)cn1. The normalized spacial score (nSPS) is 11.0. The molecule has 24 nitrogen and oxygen atoms in total. The minimum Gasteiger partial charge on any atom is -0.382 e. The first-order valence-electron chi connectivity index (χ1n) is 23.2. The Kier molecular flexibility index (Phi) is 18.9. The van der Waals surface area contributed by atoms with Gasteiger partial charge in [-0.25, -0.2) is 44.9 Å². The third kappa shape index (κ3) is 15.5. The number of nitrogens with one attached hydrogen (secondary N) is 1. The lowest BCUT2D eigenvalue weighted by molar-refractivity contribution is -0.160. The van der Waals surface area contributed by atoms with Gasteiger partial charge in [0.05, 0.1) is 51.4 Å². The maximum absolute atomic E-state index is 12.8. The molecule has 0 spiro atoms. The summed E-state index contributed by atoms with van der Waals surface area (Å²) in [7, 11) is 0. The van der Waals surface area contributed by atoms with E-state index in [1.54, 1.807) is 147 Å². The summed E-state index contributed by atoms with van der Waals surface area (Å²) < 4.78 is 83.3. The van der Waals surface area contributed by atoms with E-state index in [4.69, 9.17) is 17.3 Å². The van der Waals surface area contributed by atoms with Gasteiger partial charge in [-0.3, -0.25) is 29.9 Å². The van der Waals surface area contributed by atoms with Crippen LogP contribution < -0.4 is 16.0 Å². The Balaban J connectivity index is 0.000000137. The van der Waals surface area contributed by atoms with Crippen LogP contribution in [0.3, 0.4) is 0 Å². The smallest absolute Gasteiger partial charge is 0.382 e. The highest BCUT2D eigenvalue weighted by Gasteiger charge is 2.39. The van der Waals surface area contributed by atoms with E-state index < -0.39 is 24.1 Å². The Morgan fingerprint density at radius 1 is 0.518 bits per heavy atom. The second kappa shape index (κ2) is 27.1. The highest BCUT2D eigenvalue weighted by atomic mass is 79.9. The zero-order valence-electron chi connectivity index (χ0n) is 41.5. The predicted octanol–water partition coefficient (Wildman–Crippen LogP) is 11.3. The quantitative estimate of drug-likeness (QED) is 0.0770.